The van der Waals surface area contributed by atoms with Crippen molar-refractivity contribution in [2.45, 2.75) is 39.2 Å². The minimum absolute atomic E-state index is 0.178. The quantitative estimate of drug-likeness (QED) is 0.871. The van der Waals surface area contributed by atoms with Gasteiger partial charge in [0.05, 0.1) is 6.61 Å². The Balaban J connectivity index is 2.04. The molecule has 0 amide bonds. The summed E-state index contributed by atoms with van der Waals surface area (Å²) in [6.45, 7) is 6.66. The molecule has 0 unspecified atom stereocenters. The molecule has 0 spiro atoms. The van der Waals surface area contributed by atoms with Crippen LogP contribution in [0.25, 0.3) is 0 Å². The molecule has 0 radical (unpaired) electrons. The molecule has 1 aliphatic rings. The van der Waals surface area contributed by atoms with Crippen molar-refractivity contribution < 1.29 is 14.6 Å². The third-order valence-corrected chi connectivity index (χ3v) is 2.47. The third-order valence-electron chi connectivity index (χ3n) is 2.47. The summed E-state index contributed by atoms with van der Waals surface area (Å²) in [4.78, 5) is 0. The van der Waals surface area contributed by atoms with Crippen molar-refractivity contribution in [2.75, 3.05) is 6.61 Å². The molecule has 0 aromatic heterocycles. The first-order chi connectivity index (χ1) is 7.92. The SMILES string of the molecule is CC(C)(C)Oc1cc(O)cc(OCC2CC2)c1. The molecule has 3 nitrogen and oxygen atoms in total. The maximum Gasteiger partial charge on any atom is 0.127 e. The largest absolute Gasteiger partial charge is 0.508 e. The van der Waals surface area contributed by atoms with E-state index in [0.29, 0.717) is 17.4 Å². The molecule has 1 aromatic carbocycles. The molecule has 1 fully saturated rings. The number of phenols is 1. The Labute approximate surface area is 102 Å². The van der Waals surface area contributed by atoms with Crippen LogP contribution in [0.4, 0.5) is 0 Å². The minimum atomic E-state index is -0.276. The number of aromatic hydroxyl groups is 1. The van der Waals surface area contributed by atoms with E-state index in [-0.39, 0.29) is 11.4 Å². The molecule has 1 saturated carbocycles. The molecule has 0 aliphatic heterocycles. The topological polar surface area (TPSA) is 38.7 Å². The van der Waals surface area contributed by atoms with Crippen LogP contribution in [0.1, 0.15) is 33.6 Å². The number of phenolic OH excluding ortho intramolecular Hbond substituents is 1. The molecule has 1 aromatic rings. The van der Waals surface area contributed by atoms with Crippen LogP contribution in [0, 0.1) is 5.92 Å². The summed E-state index contributed by atoms with van der Waals surface area (Å²) in [5.41, 5.74) is -0.276. The minimum Gasteiger partial charge on any atom is -0.508 e. The van der Waals surface area contributed by atoms with Gasteiger partial charge in [-0.2, -0.15) is 0 Å². The second-order valence-electron chi connectivity index (χ2n) is 5.63. The van der Waals surface area contributed by atoms with Gasteiger partial charge < -0.3 is 14.6 Å². The van der Waals surface area contributed by atoms with Crippen LogP contribution in [-0.4, -0.2) is 17.3 Å². The van der Waals surface area contributed by atoms with E-state index in [1.54, 1.807) is 12.1 Å². The zero-order valence-electron chi connectivity index (χ0n) is 10.7. The molecule has 17 heavy (non-hydrogen) atoms. The van der Waals surface area contributed by atoms with Crippen molar-refractivity contribution in [1.82, 2.24) is 0 Å². The van der Waals surface area contributed by atoms with Gasteiger partial charge in [0.2, 0.25) is 0 Å². The van der Waals surface area contributed by atoms with Crippen molar-refractivity contribution in [2.24, 2.45) is 5.92 Å². The molecule has 0 atom stereocenters. The summed E-state index contributed by atoms with van der Waals surface area (Å²) in [5.74, 6) is 2.20. The summed E-state index contributed by atoms with van der Waals surface area (Å²) in [6, 6.07) is 5.06. The predicted molar refractivity (Wildman–Crippen MR) is 66.7 cm³/mol. The highest BCUT2D eigenvalue weighted by Gasteiger charge is 2.22. The van der Waals surface area contributed by atoms with Gasteiger partial charge in [0.15, 0.2) is 0 Å². The van der Waals surface area contributed by atoms with E-state index in [9.17, 15) is 5.11 Å². The summed E-state index contributed by atoms with van der Waals surface area (Å²) < 4.78 is 11.3. The van der Waals surface area contributed by atoms with E-state index in [2.05, 4.69) is 0 Å². The zero-order chi connectivity index (χ0) is 12.5. The second kappa shape index (κ2) is 4.47. The Hall–Kier alpha value is -1.38. The van der Waals surface area contributed by atoms with Crippen molar-refractivity contribution in [1.29, 1.82) is 0 Å². The summed E-state index contributed by atoms with van der Waals surface area (Å²) in [5, 5.41) is 9.61. The first-order valence-corrected chi connectivity index (χ1v) is 6.08. The number of hydrogen-bond donors (Lipinski definition) is 1. The van der Waals surface area contributed by atoms with Crippen LogP contribution in [0.3, 0.4) is 0 Å². The van der Waals surface area contributed by atoms with Crippen molar-refractivity contribution in [3.8, 4) is 17.2 Å². The Bertz CT molecular complexity index is 389. The van der Waals surface area contributed by atoms with Crippen molar-refractivity contribution in [3.63, 3.8) is 0 Å². The van der Waals surface area contributed by atoms with Gasteiger partial charge >= 0.3 is 0 Å². The maximum absolute atomic E-state index is 9.61. The first-order valence-electron chi connectivity index (χ1n) is 6.08. The highest BCUT2D eigenvalue weighted by atomic mass is 16.5. The highest BCUT2D eigenvalue weighted by Crippen LogP contribution is 2.32. The van der Waals surface area contributed by atoms with Crippen LogP contribution in [-0.2, 0) is 0 Å². The third kappa shape index (κ3) is 4.17. The fourth-order valence-electron chi connectivity index (χ4n) is 1.55. The molecule has 0 bridgehead atoms. The maximum atomic E-state index is 9.61. The van der Waals surface area contributed by atoms with E-state index in [0.717, 1.165) is 6.61 Å². The fraction of sp³-hybridized carbons (Fsp3) is 0.571. The number of ether oxygens (including phenoxy) is 2. The standard InChI is InChI=1S/C14H20O3/c1-14(2,3)17-13-7-11(15)6-12(8-13)16-9-10-4-5-10/h6-8,10,15H,4-5,9H2,1-3H3. The Morgan fingerprint density at radius 3 is 2.41 bits per heavy atom. The molecule has 1 N–H and O–H groups in total. The summed E-state index contributed by atoms with van der Waals surface area (Å²) in [6.07, 6.45) is 2.51. The van der Waals surface area contributed by atoms with E-state index in [4.69, 9.17) is 9.47 Å². The van der Waals surface area contributed by atoms with Gasteiger partial charge in [-0.1, -0.05) is 0 Å². The van der Waals surface area contributed by atoms with Crippen LogP contribution in [0.2, 0.25) is 0 Å². The molecule has 0 saturated heterocycles. The average molecular weight is 236 g/mol. The number of hydrogen-bond acceptors (Lipinski definition) is 3. The Morgan fingerprint density at radius 2 is 1.82 bits per heavy atom. The smallest absolute Gasteiger partial charge is 0.127 e. The van der Waals surface area contributed by atoms with Gasteiger partial charge in [0.1, 0.15) is 22.8 Å². The molecule has 2 rings (SSSR count). The van der Waals surface area contributed by atoms with Gasteiger partial charge in [-0.3, -0.25) is 0 Å². The lowest BCUT2D eigenvalue weighted by molar-refractivity contribution is 0.130. The monoisotopic (exact) mass is 236 g/mol. The van der Waals surface area contributed by atoms with Crippen LogP contribution >= 0.6 is 0 Å². The van der Waals surface area contributed by atoms with Crippen LogP contribution in [0.5, 0.6) is 17.2 Å². The van der Waals surface area contributed by atoms with Gasteiger partial charge in [-0.15, -0.1) is 0 Å². The summed E-state index contributed by atoms with van der Waals surface area (Å²) in [7, 11) is 0. The predicted octanol–water partition coefficient (Wildman–Crippen LogP) is 3.36. The van der Waals surface area contributed by atoms with Crippen molar-refractivity contribution >= 4 is 0 Å². The Morgan fingerprint density at radius 1 is 1.18 bits per heavy atom. The average Bonchev–Trinajstić information content (AvgIpc) is 2.94. The molecular weight excluding hydrogens is 216 g/mol. The number of rotatable bonds is 4. The molecule has 3 heteroatoms. The van der Waals surface area contributed by atoms with Gasteiger partial charge in [-0.25, -0.2) is 0 Å². The Kier molecular flexibility index (Phi) is 3.18. The van der Waals surface area contributed by atoms with Crippen molar-refractivity contribution in [3.05, 3.63) is 18.2 Å². The lowest BCUT2D eigenvalue weighted by Gasteiger charge is -2.21. The fourth-order valence-corrected chi connectivity index (χ4v) is 1.55. The van der Waals surface area contributed by atoms with Gasteiger partial charge in [-0.05, 0) is 39.5 Å². The zero-order valence-corrected chi connectivity index (χ0v) is 10.7. The molecule has 1 aliphatic carbocycles. The van der Waals surface area contributed by atoms with E-state index in [1.807, 2.05) is 26.8 Å². The second-order valence-corrected chi connectivity index (χ2v) is 5.63. The molecule has 0 heterocycles. The normalized spacial score (nSPS) is 15.7. The first kappa shape index (κ1) is 12.1. The lowest BCUT2D eigenvalue weighted by Crippen LogP contribution is -2.22. The van der Waals surface area contributed by atoms with Crippen LogP contribution in [0.15, 0.2) is 18.2 Å². The van der Waals surface area contributed by atoms with E-state index in [1.165, 1.54) is 12.8 Å². The van der Waals surface area contributed by atoms with E-state index < -0.39 is 0 Å². The highest BCUT2D eigenvalue weighted by molar-refractivity contribution is 5.41. The summed E-state index contributed by atoms with van der Waals surface area (Å²) >= 11 is 0. The number of benzene rings is 1. The molecular formula is C14H20O3. The van der Waals surface area contributed by atoms with Gasteiger partial charge in [0, 0.05) is 18.2 Å². The van der Waals surface area contributed by atoms with Gasteiger partial charge in [0.25, 0.3) is 0 Å². The van der Waals surface area contributed by atoms with Crippen LogP contribution < -0.4 is 9.47 Å². The lowest BCUT2D eigenvalue weighted by atomic mass is 10.2. The molecule has 94 valence electrons. The van der Waals surface area contributed by atoms with E-state index >= 15 is 0 Å².